The lowest BCUT2D eigenvalue weighted by molar-refractivity contribution is -0.120. The summed E-state index contributed by atoms with van der Waals surface area (Å²) in [6, 6.07) is 4.63. The predicted molar refractivity (Wildman–Crippen MR) is 71.4 cm³/mol. The van der Waals surface area contributed by atoms with Gasteiger partial charge in [0.05, 0.1) is 0 Å². The van der Waals surface area contributed by atoms with Crippen molar-refractivity contribution < 1.29 is 9.59 Å². The molecule has 1 aromatic rings. The Bertz CT molecular complexity index is 498. The van der Waals surface area contributed by atoms with E-state index in [4.69, 9.17) is 23.2 Å². The Hall–Kier alpha value is -0.950. The van der Waals surface area contributed by atoms with Crippen LogP contribution in [0.5, 0.6) is 0 Å². The number of nitrogens with one attached hydrogen (secondary N) is 3. The van der Waals surface area contributed by atoms with Gasteiger partial charge in [-0.15, -0.1) is 11.8 Å². The third-order valence-electron chi connectivity index (χ3n) is 2.21. The highest BCUT2D eigenvalue weighted by Crippen LogP contribution is 2.26. The van der Waals surface area contributed by atoms with Crippen molar-refractivity contribution in [1.29, 1.82) is 0 Å². The molecule has 0 saturated carbocycles. The number of carbonyl (C=O) groups is 2. The number of hydrogen-bond acceptors (Lipinski definition) is 4. The van der Waals surface area contributed by atoms with Gasteiger partial charge in [0.15, 0.2) is 5.37 Å². The largest absolute Gasteiger partial charge is 0.335 e. The third kappa shape index (κ3) is 3.29. The van der Waals surface area contributed by atoms with Crippen LogP contribution in [0.4, 0.5) is 4.79 Å². The van der Waals surface area contributed by atoms with E-state index in [9.17, 15) is 9.59 Å². The number of carbonyl (C=O) groups excluding carboxylic acids is 2. The van der Waals surface area contributed by atoms with E-state index < -0.39 is 11.4 Å². The van der Waals surface area contributed by atoms with Crippen LogP contribution in [0.1, 0.15) is 5.56 Å². The topological polar surface area (TPSA) is 70.2 Å². The van der Waals surface area contributed by atoms with Gasteiger partial charge in [0.25, 0.3) is 5.91 Å². The number of hydrazine groups is 1. The van der Waals surface area contributed by atoms with Crippen LogP contribution in [0.3, 0.4) is 0 Å². The first-order valence-corrected chi connectivity index (χ1v) is 6.78. The maximum atomic E-state index is 11.5. The average Bonchev–Trinajstić information content (AvgIpc) is 2.30. The van der Waals surface area contributed by atoms with Gasteiger partial charge in [0, 0.05) is 15.8 Å². The number of amides is 3. The fraction of sp³-hybridized carbons (Fsp3) is 0.200. The fourth-order valence-corrected chi connectivity index (χ4v) is 2.84. The molecule has 0 spiro atoms. The van der Waals surface area contributed by atoms with E-state index in [1.807, 2.05) is 0 Å². The molecule has 1 heterocycles. The summed E-state index contributed by atoms with van der Waals surface area (Å²) in [5, 5.41) is 2.73. The van der Waals surface area contributed by atoms with Crippen LogP contribution in [-0.4, -0.2) is 17.3 Å². The number of hydrogen-bond donors (Lipinski definition) is 3. The smallest absolute Gasteiger partial charge is 0.275 e. The lowest BCUT2D eigenvalue weighted by atomic mass is 10.2. The lowest BCUT2D eigenvalue weighted by Crippen LogP contribution is -2.61. The van der Waals surface area contributed by atoms with E-state index in [-0.39, 0.29) is 5.91 Å². The minimum atomic E-state index is -0.554. The molecule has 0 aliphatic carbocycles. The molecule has 1 aliphatic heterocycles. The van der Waals surface area contributed by atoms with Crippen LogP contribution in [0.15, 0.2) is 18.2 Å². The SMILES string of the molecule is O=C1NNC(SCc2ccc(Cl)cc2Cl)C(=O)N1. The summed E-state index contributed by atoms with van der Waals surface area (Å²) in [4.78, 5) is 22.3. The molecule has 2 rings (SSSR count). The van der Waals surface area contributed by atoms with E-state index in [2.05, 4.69) is 16.2 Å². The Balaban J connectivity index is 1.95. The third-order valence-corrected chi connectivity index (χ3v) is 3.94. The van der Waals surface area contributed by atoms with Crippen molar-refractivity contribution in [2.24, 2.45) is 0 Å². The van der Waals surface area contributed by atoms with Gasteiger partial charge in [-0.2, -0.15) is 0 Å². The Morgan fingerprint density at radius 2 is 2.06 bits per heavy atom. The van der Waals surface area contributed by atoms with Gasteiger partial charge in [-0.3, -0.25) is 15.5 Å². The minimum absolute atomic E-state index is 0.381. The van der Waals surface area contributed by atoms with E-state index in [1.165, 1.54) is 11.8 Å². The first-order chi connectivity index (χ1) is 8.56. The van der Waals surface area contributed by atoms with Gasteiger partial charge in [0.1, 0.15) is 0 Å². The summed E-state index contributed by atoms with van der Waals surface area (Å²) in [5.41, 5.74) is 5.80. The van der Waals surface area contributed by atoms with Gasteiger partial charge in [0.2, 0.25) is 0 Å². The molecule has 1 atom stereocenters. The molecule has 18 heavy (non-hydrogen) atoms. The molecule has 1 unspecified atom stereocenters. The molecule has 8 heteroatoms. The first-order valence-electron chi connectivity index (χ1n) is 4.98. The molecule has 96 valence electrons. The highest BCUT2D eigenvalue weighted by atomic mass is 35.5. The van der Waals surface area contributed by atoms with E-state index >= 15 is 0 Å². The van der Waals surface area contributed by atoms with Gasteiger partial charge in [-0.05, 0) is 17.7 Å². The first kappa shape index (κ1) is 13.5. The number of urea groups is 1. The lowest BCUT2D eigenvalue weighted by Gasteiger charge is -2.22. The maximum absolute atomic E-state index is 11.5. The minimum Gasteiger partial charge on any atom is -0.275 e. The highest BCUT2D eigenvalue weighted by molar-refractivity contribution is 7.99. The molecule has 1 fully saturated rings. The summed E-state index contributed by atoms with van der Waals surface area (Å²) < 4.78 is 0. The number of thioether (sulfide) groups is 1. The van der Waals surface area contributed by atoms with Crippen molar-refractivity contribution in [3.05, 3.63) is 33.8 Å². The van der Waals surface area contributed by atoms with Gasteiger partial charge >= 0.3 is 6.03 Å². The van der Waals surface area contributed by atoms with Crippen molar-refractivity contribution in [1.82, 2.24) is 16.2 Å². The monoisotopic (exact) mass is 305 g/mol. The van der Waals surface area contributed by atoms with E-state index in [1.54, 1.807) is 18.2 Å². The number of benzene rings is 1. The Morgan fingerprint density at radius 1 is 1.28 bits per heavy atom. The van der Waals surface area contributed by atoms with Crippen molar-refractivity contribution in [2.45, 2.75) is 11.1 Å². The Morgan fingerprint density at radius 3 is 2.72 bits per heavy atom. The Labute approximate surface area is 118 Å². The van der Waals surface area contributed by atoms with Gasteiger partial charge < -0.3 is 0 Å². The Kier molecular flexibility index (Phi) is 4.34. The zero-order chi connectivity index (χ0) is 13.1. The zero-order valence-corrected chi connectivity index (χ0v) is 11.3. The zero-order valence-electron chi connectivity index (χ0n) is 9.00. The second-order valence-electron chi connectivity index (χ2n) is 3.51. The highest BCUT2D eigenvalue weighted by Gasteiger charge is 2.26. The molecule has 3 amide bonds. The summed E-state index contributed by atoms with van der Waals surface area (Å²) in [5.74, 6) is 0.144. The quantitative estimate of drug-likeness (QED) is 0.797. The van der Waals surface area contributed by atoms with Crippen molar-refractivity contribution >= 4 is 46.9 Å². The van der Waals surface area contributed by atoms with Crippen molar-refractivity contribution in [3.63, 3.8) is 0 Å². The van der Waals surface area contributed by atoms with Crippen molar-refractivity contribution in [2.75, 3.05) is 0 Å². The van der Waals surface area contributed by atoms with Crippen LogP contribution in [-0.2, 0) is 10.5 Å². The molecule has 3 N–H and O–H groups in total. The van der Waals surface area contributed by atoms with Crippen LogP contribution in [0.2, 0.25) is 10.0 Å². The van der Waals surface area contributed by atoms with Crippen molar-refractivity contribution in [3.8, 4) is 0 Å². The van der Waals surface area contributed by atoms with E-state index in [0.717, 1.165) is 5.56 Å². The van der Waals surface area contributed by atoms with Crippen LogP contribution in [0, 0.1) is 0 Å². The number of rotatable bonds is 3. The maximum Gasteiger partial charge on any atom is 0.335 e. The second-order valence-corrected chi connectivity index (χ2v) is 5.45. The van der Waals surface area contributed by atoms with Gasteiger partial charge in [-0.1, -0.05) is 29.3 Å². The molecular weight excluding hydrogens is 297 g/mol. The normalized spacial score (nSPS) is 19.3. The molecule has 0 radical (unpaired) electrons. The van der Waals surface area contributed by atoms with Crippen LogP contribution < -0.4 is 16.2 Å². The molecule has 0 aromatic heterocycles. The molecule has 0 bridgehead atoms. The van der Waals surface area contributed by atoms with Gasteiger partial charge in [-0.25, -0.2) is 10.2 Å². The van der Waals surface area contributed by atoms with E-state index in [0.29, 0.717) is 15.8 Å². The molecule has 5 nitrogen and oxygen atoms in total. The summed E-state index contributed by atoms with van der Waals surface area (Å²) in [7, 11) is 0. The number of halogens is 2. The summed E-state index contributed by atoms with van der Waals surface area (Å²) >= 11 is 13.1. The molecular formula is C10H9Cl2N3O2S. The predicted octanol–water partition coefficient (Wildman–Crippen LogP) is 1.90. The average molecular weight is 306 g/mol. The molecule has 1 aromatic carbocycles. The summed E-state index contributed by atoms with van der Waals surface area (Å²) in [6.45, 7) is 0. The standard InChI is InChI=1S/C10H9Cl2N3O2S/c11-6-2-1-5(7(12)3-6)4-18-9-8(16)13-10(17)15-14-9/h1-3,9,14H,4H2,(H2,13,15,16,17). The molecule has 1 aliphatic rings. The fourth-order valence-electron chi connectivity index (χ4n) is 1.33. The van der Waals surface area contributed by atoms with Crippen LogP contribution in [0.25, 0.3) is 0 Å². The summed E-state index contributed by atoms with van der Waals surface area (Å²) in [6.07, 6.45) is 0. The number of imide groups is 1. The van der Waals surface area contributed by atoms with Crippen LogP contribution >= 0.6 is 35.0 Å². The molecule has 1 saturated heterocycles. The second kappa shape index (κ2) is 5.79.